The molecule has 1 heterocycles. The molecule has 0 aliphatic rings. The molecule has 0 saturated heterocycles. The van der Waals surface area contributed by atoms with Crippen LogP contribution in [0.2, 0.25) is 0 Å². The number of hydrogen-bond acceptors (Lipinski definition) is 5. The number of carbonyl (C=O) groups is 1. The molecule has 0 aliphatic carbocycles. The van der Waals surface area contributed by atoms with E-state index in [4.69, 9.17) is 4.74 Å². The van der Waals surface area contributed by atoms with Gasteiger partial charge in [-0.2, -0.15) is 0 Å². The third-order valence-corrected chi connectivity index (χ3v) is 3.76. The lowest BCUT2D eigenvalue weighted by atomic mass is 10.1. The van der Waals surface area contributed by atoms with Gasteiger partial charge in [-0.25, -0.2) is 9.78 Å². The second-order valence-electron chi connectivity index (χ2n) is 4.34. The standard InChI is InChI=1S/C15H18N2O2S/c1-4-11-8-6-7-10(3)12(11)17-14-13(16-9-20-14)15(18)19-5-2/h6-9,17H,4-5H2,1-3H3. The summed E-state index contributed by atoms with van der Waals surface area (Å²) in [5.41, 5.74) is 5.41. The maximum absolute atomic E-state index is 11.8. The van der Waals surface area contributed by atoms with Gasteiger partial charge in [0.05, 0.1) is 12.1 Å². The first-order valence-corrected chi connectivity index (χ1v) is 7.51. The van der Waals surface area contributed by atoms with Gasteiger partial charge in [0, 0.05) is 5.69 Å². The number of nitrogens with one attached hydrogen (secondary N) is 1. The Kier molecular flexibility index (Phi) is 4.74. The Hall–Kier alpha value is -1.88. The minimum absolute atomic E-state index is 0.348. The molecule has 0 bridgehead atoms. The smallest absolute Gasteiger partial charge is 0.360 e. The zero-order chi connectivity index (χ0) is 14.5. The Morgan fingerprint density at radius 2 is 2.20 bits per heavy atom. The molecule has 0 fully saturated rings. The normalized spacial score (nSPS) is 10.3. The van der Waals surface area contributed by atoms with Crippen LogP contribution in [-0.2, 0) is 11.2 Å². The Balaban J connectivity index is 2.32. The minimum Gasteiger partial charge on any atom is -0.461 e. The van der Waals surface area contributed by atoms with Crippen LogP contribution in [0.1, 0.15) is 35.5 Å². The maximum Gasteiger partial charge on any atom is 0.360 e. The topological polar surface area (TPSA) is 51.2 Å². The number of aromatic nitrogens is 1. The molecule has 5 heteroatoms. The molecule has 1 N–H and O–H groups in total. The molecule has 0 spiro atoms. The van der Waals surface area contributed by atoms with Gasteiger partial charge in [-0.1, -0.05) is 25.1 Å². The molecule has 0 saturated carbocycles. The lowest BCUT2D eigenvalue weighted by Gasteiger charge is -2.13. The second-order valence-corrected chi connectivity index (χ2v) is 5.19. The first-order valence-electron chi connectivity index (χ1n) is 6.63. The number of nitrogens with zero attached hydrogens (tertiary/aromatic N) is 1. The predicted octanol–water partition coefficient (Wildman–Crippen LogP) is 3.93. The Morgan fingerprint density at radius 3 is 2.90 bits per heavy atom. The van der Waals surface area contributed by atoms with Crippen molar-refractivity contribution >= 4 is 28.0 Å². The van der Waals surface area contributed by atoms with Crippen molar-refractivity contribution in [1.29, 1.82) is 0 Å². The summed E-state index contributed by atoms with van der Waals surface area (Å²) in [5, 5.41) is 4.06. The van der Waals surface area contributed by atoms with Crippen LogP contribution in [0.25, 0.3) is 0 Å². The number of hydrogen-bond donors (Lipinski definition) is 1. The molecule has 0 radical (unpaired) electrons. The molecular weight excluding hydrogens is 272 g/mol. The van der Waals surface area contributed by atoms with Gasteiger partial charge >= 0.3 is 5.97 Å². The number of anilines is 2. The van der Waals surface area contributed by atoms with E-state index in [2.05, 4.69) is 23.3 Å². The van der Waals surface area contributed by atoms with Crippen LogP contribution >= 0.6 is 11.3 Å². The maximum atomic E-state index is 11.8. The molecule has 4 nitrogen and oxygen atoms in total. The van der Waals surface area contributed by atoms with Crippen LogP contribution in [-0.4, -0.2) is 17.6 Å². The SMILES string of the molecule is CCOC(=O)c1ncsc1Nc1c(C)cccc1CC. The van der Waals surface area contributed by atoms with Gasteiger partial charge in [0.25, 0.3) is 0 Å². The average Bonchev–Trinajstić information content (AvgIpc) is 2.89. The van der Waals surface area contributed by atoms with Gasteiger partial charge in [0.2, 0.25) is 0 Å². The van der Waals surface area contributed by atoms with E-state index in [1.54, 1.807) is 12.4 Å². The largest absolute Gasteiger partial charge is 0.461 e. The van der Waals surface area contributed by atoms with Crippen molar-refractivity contribution in [3.05, 3.63) is 40.5 Å². The lowest BCUT2D eigenvalue weighted by molar-refractivity contribution is 0.0521. The van der Waals surface area contributed by atoms with Crippen LogP contribution in [0.4, 0.5) is 10.7 Å². The number of ether oxygens (including phenoxy) is 1. The van der Waals surface area contributed by atoms with Crippen LogP contribution in [0.15, 0.2) is 23.7 Å². The third kappa shape index (κ3) is 2.99. The molecule has 1 aromatic carbocycles. The molecule has 0 aliphatic heterocycles. The average molecular weight is 290 g/mol. The highest BCUT2D eigenvalue weighted by Crippen LogP contribution is 2.30. The van der Waals surface area contributed by atoms with Crippen molar-refractivity contribution in [2.45, 2.75) is 27.2 Å². The Labute approximate surface area is 122 Å². The highest BCUT2D eigenvalue weighted by Gasteiger charge is 2.17. The number of esters is 1. The van der Waals surface area contributed by atoms with E-state index in [1.165, 1.54) is 16.9 Å². The van der Waals surface area contributed by atoms with Crippen molar-refractivity contribution in [1.82, 2.24) is 4.98 Å². The van der Waals surface area contributed by atoms with E-state index in [-0.39, 0.29) is 5.97 Å². The van der Waals surface area contributed by atoms with Gasteiger partial charge in [-0.3, -0.25) is 0 Å². The predicted molar refractivity (Wildman–Crippen MR) is 81.9 cm³/mol. The lowest BCUT2D eigenvalue weighted by Crippen LogP contribution is -2.08. The molecule has 2 rings (SSSR count). The summed E-state index contributed by atoms with van der Waals surface area (Å²) in [6.07, 6.45) is 0.928. The van der Waals surface area contributed by atoms with Crippen molar-refractivity contribution in [2.75, 3.05) is 11.9 Å². The fourth-order valence-electron chi connectivity index (χ4n) is 2.00. The van der Waals surface area contributed by atoms with Gasteiger partial charge < -0.3 is 10.1 Å². The van der Waals surface area contributed by atoms with Gasteiger partial charge in [0.15, 0.2) is 5.69 Å². The van der Waals surface area contributed by atoms with E-state index in [9.17, 15) is 4.79 Å². The number of aryl methyl sites for hydroxylation is 2. The van der Waals surface area contributed by atoms with Crippen molar-refractivity contribution in [3.63, 3.8) is 0 Å². The fraction of sp³-hybridized carbons (Fsp3) is 0.333. The van der Waals surface area contributed by atoms with Crippen molar-refractivity contribution < 1.29 is 9.53 Å². The fourth-order valence-corrected chi connectivity index (χ4v) is 2.67. The molecular formula is C15H18N2O2S. The molecule has 2 aromatic rings. The number of carbonyl (C=O) groups excluding carboxylic acids is 1. The zero-order valence-corrected chi connectivity index (χ0v) is 12.7. The van der Waals surface area contributed by atoms with Gasteiger partial charge in [-0.05, 0) is 31.4 Å². The number of benzene rings is 1. The number of para-hydroxylation sites is 1. The van der Waals surface area contributed by atoms with Crippen molar-refractivity contribution in [3.8, 4) is 0 Å². The second kappa shape index (κ2) is 6.52. The first kappa shape index (κ1) is 14.5. The highest BCUT2D eigenvalue weighted by molar-refractivity contribution is 7.14. The Morgan fingerprint density at radius 1 is 1.40 bits per heavy atom. The van der Waals surface area contributed by atoms with E-state index >= 15 is 0 Å². The van der Waals surface area contributed by atoms with Crippen LogP contribution in [0.3, 0.4) is 0 Å². The Bertz CT molecular complexity index is 608. The number of rotatable bonds is 5. The van der Waals surface area contributed by atoms with E-state index in [0.29, 0.717) is 12.3 Å². The van der Waals surface area contributed by atoms with Crippen LogP contribution in [0.5, 0.6) is 0 Å². The van der Waals surface area contributed by atoms with E-state index < -0.39 is 0 Å². The summed E-state index contributed by atoms with van der Waals surface area (Å²) in [6, 6.07) is 6.17. The highest BCUT2D eigenvalue weighted by atomic mass is 32.1. The molecule has 106 valence electrons. The van der Waals surface area contributed by atoms with E-state index in [0.717, 1.165) is 22.7 Å². The van der Waals surface area contributed by atoms with Crippen LogP contribution in [0, 0.1) is 6.92 Å². The summed E-state index contributed by atoms with van der Waals surface area (Å²) < 4.78 is 5.02. The minimum atomic E-state index is -0.386. The molecule has 1 aromatic heterocycles. The van der Waals surface area contributed by atoms with Gasteiger partial charge in [0.1, 0.15) is 5.00 Å². The summed E-state index contributed by atoms with van der Waals surface area (Å²) >= 11 is 1.40. The summed E-state index contributed by atoms with van der Waals surface area (Å²) in [5.74, 6) is -0.386. The molecule has 0 unspecified atom stereocenters. The quantitative estimate of drug-likeness (QED) is 0.848. The van der Waals surface area contributed by atoms with E-state index in [1.807, 2.05) is 19.1 Å². The van der Waals surface area contributed by atoms with Gasteiger partial charge in [-0.15, -0.1) is 11.3 Å². The summed E-state index contributed by atoms with van der Waals surface area (Å²) in [4.78, 5) is 15.9. The van der Waals surface area contributed by atoms with Crippen molar-refractivity contribution in [2.24, 2.45) is 0 Å². The third-order valence-electron chi connectivity index (χ3n) is 3.01. The molecule has 0 amide bonds. The van der Waals surface area contributed by atoms with Crippen LogP contribution < -0.4 is 5.32 Å². The zero-order valence-electron chi connectivity index (χ0n) is 11.9. The number of thiazole rings is 1. The summed E-state index contributed by atoms with van der Waals surface area (Å²) in [7, 11) is 0. The first-order chi connectivity index (χ1) is 9.67. The summed E-state index contributed by atoms with van der Waals surface area (Å²) in [6.45, 7) is 6.29. The monoisotopic (exact) mass is 290 g/mol. The molecule has 20 heavy (non-hydrogen) atoms. The molecule has 0 atom stereocenters.